The highest BCUT2D eigenvalue weighted by molar-refractivity contribution is 4.92. The van der Waals surface area contributed by atoms with Crippen molar-refractivity contribution in [1.29, 1.82) is 0 Å². The number of ether oxygens (including phenoxy) is 3. The summed E-state index contributed by atoms with van der Waals surface area (Å²) in [6.07, 6.45) is -11.5. The summed E-state index contributed by atoms with van der Waals surface area (Å²) in [6, 6.07) is 0. The molecule has 9 atom stereocenters. The Morgan fingerprint density at radius 1 is 0.667 bits per heavy atom. The molecule has 21 heavy (non-hydrogen) atoms. The maximum absolute atomic E-state index is 9.83. The number of hydrogen-bond acceptors (Lipinski definition) is 10. The van der Waals surface area contributed by atoms with Crippen LogP contribution < -0.4 is 11.5 Å². The van der Waals surface area contributed by atoms with Gasteiger partial charge in [-0.15, -0.1) is 0 Å². The lowest BCUT2D eigenvalue weighted by Crippen LogP contribution is -2.60. The minimum absolute atomic E-state index is 0.0288. The lowest BCUT2D eigenvalue weighted by Gasteiger charge is -2.40. The van der Waals surface area contributed by atoms with Gasteiger partial charge in [0.05, 0.1) is 0 Å². The van der Waals surface area contributed by atoms with Crippen LogP contribution in [0.4, 0.5) is 0 Å². The molecule has 0 radical (unpaired) electrons. The molecule has 0 aromatic carbocycles. The molecule has 2 aliphatic heterocycles. The minimum Gasteiger partial charge on any atom is -0.388 e. The average Bonchev–Trinajstić information content (AvgIpc) is 2.75. The van der Waals surface area contributed by atoms with E-state index in [1.54, 1.807) is 0 Å². The molecule has 10 heteroatoms. The van der Waals surface area contributed by atoms with Gasteiger partial charge >= 0.3 is 0 Å². The van der Waals surface area contributed by atoms with Gasteiger partial charge in [0.15, 0.2) is 12.6 Å². The number of hydrogen-bond donors (Lipinski definition) is 7. The van der Waals surface area contributed by atoms with Crippen LogP contribution in [0.15, 0.2) is 0 Å². The second-order valence-corrected chi connectivity index (χ2v) is 5.15. The third kappa shape index (κ3) is 3.19. The first-order chi connectivity index (χ1) is 9.90. The molecule has 0 aromatic heterocycles. The van der Waals surface area contributed by atoms with Crippen molar-refractivity contribution < 1.29 is 39.7 Å². The van der Waals surface area contributed by atoms with Gasteiger partial charge in [-0.05, 0) is 0 Å². The summed E-state index contributed by atoms with van der Waals surface area (Å²) in [7, 11) is 0. The molecule has 2 fully saturated rings. The fraction of sp³-hybridized carbons (Fsp3) is 1.00. The van der Waals surface area contributed by atoms with E-state index in [0.29, 0.717) is 0 Å². The molecule has 0 bridgehead atoms. The summed E-state index contributed by atoms with van der Waals surface area (Å²) in [4.78, 5) is 0. The second kappa shape index (κ2) is 6.79. The monoisotopic (exact) mass is 310 g/mol. The molecular weight excluding hydrogens is 288 g/mol. The molecule has 0 aromatic rings. The SMILES string of the molecule is NCC1O[C@H](O[C@H]2OC(CN)[C@@H](O)C2O)C(O)C(O)[C@@H]1O. The van der Waals surface area contributed by atoms with E-state index in [9.17, 15) is 25.5 Å². The van der Waals surface area contributed by atoms with Crippen LogP contribution >= 0.6 is 0 Å². The Balaban J connectivity index is 2.01. The van der Waals surface area contributed by atoms with Gasteiger partial charge in [0, 0.05) is 13.1 Å². The van der Waals surface area contributed by atoms with Crippen molar-refractivity contribution in [2.24, 2.45) is 11.5 Å². The van der Waals surface area contributed by atoms with Crippen LogP contribution in [0.2, 0.25) is 0 Å². The van der Waals surface area contributed by atoms with Crippen LogP contribution in [-0.2, 0) is 14.2 Å². The summed E-state index contributed by atoms with van der Waals surface area (Å²) in [5.74, 6) is 0. The predicted molar refractivity (Wildman–Crippen MR) is 66.5 cm³/mol. The molecule has 2 saturated heterocycles. The van der Waals surface area contributed by atoms with E-state index in [-0.39, 0.29) is 13.1 Å². The Morgan fingerprint density at radius 3 is 1.48 bits per heavy atom. The summed E-state index contributed by atoms with van der Waals surface area (Å²) in [5, 5.41) is 48.7. The molecule has 2 rings (SSSR count). The molecule has 9 N–H and O–H groups in total. The van der Waals surface area contributed by atoms with Crippen molar-refractivity contribution >= 4 is 0 Å². The van der Waals surface area contributed by atoms with Crippen LogP contribution in [-0.4, -0.2) is 93.9 Å². The van der Waals surface area contributed by atoms with Gasteiger partial charge in [-0.3, -0.25) is 0 Å². The molecule has 0 aliphatic carbocycles. The van der Waals surface area contributed by atoms with Gasteiger partial charge in [0.2, 0.25) is 0 Å². The van der Waals surface area contributed by atoms with Crippen molar-refractivity contribution in [3.8, 4) is 0 Å². The number of aliphatic hydroxyl groups excluding tert-OH is 5. The van der Waals surface area contributed by atoms with E-state index in [1.807, 2.05) is 0 Å². The normalized spacial score (nSPS) is 51.3. The first-order valence-corrected chi connectivity index (χ1v) is 6.67. The van der Waals surface area contributed by atoms with E-state index < -0.39 is 55.3 Å². The van der Waals surface area contributed by atoms with Gasteiger partial charge in [0.25, 0.3) is 0 Å². The molecule has 2 aliphatic rings. The molecule has 0 saturated carbocycles. The zero-order valence-electron chi connectivity index (χ0n) is 11.2. The Labute approximate surface area is 120 Å². The number of aliphatic hydroxyl groups is 5. The lowest BCUT2D eigenvalue weighted by atomic mass is 9.99. The second-order valence-electron chi connectivity index (χ2n) is 5.15. The van der Waals surface area contributed by atoms with Crippen molar-refractivity contribution in [2.75, 3.05) is 13.1 Å². The molecule has 10 nitrogen and oxygen atoms in total. The fourth-order valence-electron chi connectivity index (χ4n) is 2.38. The van der Waals surface area contributed by atoms with Crippen molar-refractivity contribution in [1.82, 2.24) is 0 Å². The Morgan fingerprint density at radius 2 is 1.05 bits per heavy atom. The van der Waals surface area contributed by atoms with Crippen LogP contribution in [0.1, 0.15) is 0 Å². The first-order valence-electron chi connectivity index (χ1n) is 6.67. The third-order valence-electron chi connectivity index (χ3n) is 3.72. The Bertz CT molecular complexity index is 346. The third-order valence-corrected chi connectivity index (χ3v) is 3.72. The molecule has 124 valence electrons. The average molecular weight is 310 g/mol. The molecule has 5 unspecified atom stereocenters. The minimum atomic E-state index is -1.56. The van der Waals surface area contributed by atoms with Crippen LogP contribution in [0, 0.1) is 0 Å². The van der Waals surface area contributed by atoms with E-state index in [0.717, 1.165) is 0 Å². The van der Waals surface area contributed by atoms with Crippen LogP contribution in [0.5, 0.6) is 0 Å². The van der Waals surface area contributed by atoms with Crippen molar-refractivity contribution in [2.45, 2.75) is 55.3 Å². The topological polar surface area (TPSA) is 181 Å². The van der Waals surface area contributed by atoms with Gasteiger partial charge in [-0.2, -0.15) is 0 Å². The molecule has 0 amide bonds. The van der Waals surface area contributed by atoms with Gasteiger partial charge in [-0.25, -0.2) is 0 Å². The predicted octanol–water partition coefficient (Wildman–Crippen LogP) is -4.83. The summed E-state index contributed by atoms with van der Waals surface area (Å²) < 4.78 is 15.7. The highest BCUT2D eigenvalue weighted by Crippen LogP contribution is 2.27. The fourth-order valence-corrected chi connectivity index (χ4v) is 2.38. The Kier molecular flexibility index (Phi) is 5.48. The zero-order valence-corrected chi connectivity index (χ0v) is 11.2. The van der Waals surface area contributed by atoms with E-state index in [1.165, 1.54) is 0 Å². The smallest absolute Gasteiger partial charge is 0.189 e. The van der Waals surface area contributed by atoms with Gasteiger partial charge in [0.1, 0.15) is 42.7 Å². The summed E-state index contributed by atoms with van der Waals surface area (Å²) in [5.41, 5.74) is 10.8. The lowest BCUT2D eigenvalue weighted by molar-refractivity contribution is -0.336. The first kappa shape index (κ1) is 17.0. The molecule has 0 spiro atoms. The van der Waals surface area contributed by atoms with E-state index in [2.05, 4.69) is 0 Å². The highest BCUT2D eigenvalue weighted by atomic mass is 16.8. The maximum Gasteiger partial charge on any atom is 0.189 e. The highest BCUT2D eigenvalue weighted by Gasteiger charge is 2.49. The molecule has 2 heterocycles. The summed E-state index contributed by atoms with van der Waals surface area (Å²) >= 11 is 0. The standard InChI is InChI=1S/C11H22N2O8/c12-1-3-5(14)7(16)9(18)11(19-3)21-10-8(17)6(15)4(2-13)20-10/h3-11,14-18H,1-2,12-13H2/t3?,4?,5-,6-,7?,8?,9?,10-,11-/m1/s1. The van der Waals surface area contributed by atoms with E-state index in [4.69, 9.17) is 25.7 Å². The number of rotatable bonds is 4. The molecular formula is C11H22N2O8. The van der Waals surface area contributed by atoms with Gasteiger partial charge in [-0.1, -0.05) is 0 Å². The van der Waals surface area contributed by atoms with E-state index >= 15 is 0 Å². The number of nitrogens with two attached hydrogens (primary N) is 2. The zero-order chi connectivity index (χ0) is 15.7. The maximum atomic E-state index is 9.83. The van der Waals surface area contributed by atoms with Crippen molar-refractivity contribution in [3.63, 3.8) is 0 Å². The Hall–Kier alpha value is -0.400. The largest absolute Gasteiger partial charge is 0.388 e. The van der Waals surface area contributed by atoms with Gasteiger partial charge < -0.3 is 51.2 Å². The van der Waals surface area contributed by atoms with Crippen molar-refractivity contribution in [3.05, 3.63) is 0 Å². The quantitative estimate of drug-likeness (QED) is 0.266. The summed E-state index contributed by atoms with van der Waals surface area (Å²) in [6.45, 7) is -0.133. The van der Waals surface area contributed by atoms with Crippen LogP contribution in [0.3, 0.4) is 0 Å². The van der Waals surface area contributed by atoms with Crippen LogP contribution in [0.25, 0.3) is 0 Å².